The van der Waals surface area contributed by atoms with E-state index in [1.807, 2.05) is 96.1 Å². The average molecular weight is 728 g/mol. The quantitative estimate of drug-likeness (QED) is 0.327. The molecule has 12 heteroatoms. The molecule has 290 valence electrons. The lowest BCUT2D eigenvalue weighted by Gasteiger charge is -2.46. The van der Waals surface area contributed by atoms with E-state index in [0.717, 1.165) is 5.56 Å². The molecule has 2 N–H and O–H groups in total. The Labute approximate surface area is 309 Å². The van der Waals surface area contributed by atoms with E-state index in [1.165, 1.54) is 5.01 Å². The van der Waals surface area contributed by atoms with Crippen LogP contribution >= 0.6 is 0 Å². The standard InChI is InChI=1S/C40H61N3O9/c1-12-31-40(8)34(43(38(47)52-40)41-20-16-19-29-17-14-13-15-18-29)28(6)32(44)26(4)23-39(7,48-11)35(24(2)21-25(3)36(46)50-31)51-37-33(45)30(42(9)10)22-27(5)49-37/h13-19,21,24,26-28,30-31,33-35,37,41,45H,12,20,22-23H2,1-11H3/b19-16+,25-21+/t24-,26+,27+,28-,30-,31+,33+,34+,35+,37-,39+,40+/m0/s1. The molecule has 1 aromatic rings. The summed E-state index contributed by atoms with van der Waals surface area (Å²) in [4.78, 5) is 43.9. The van der Waals surface area contributed by atoms with Gasteiger partial charge >= 0.3 is 12.1 Å². The molecule has 3 heterocycles. The summed E-state index contributed by atoms with van der Waals surface area (Å²) >= 11 is 0. The number of nitrogens with one attached hydrogen (secondary N) is 1. The first-order valence-electron chi connectivity index (χ1n) is 18.6. The third-order valence-corrected chi connectivity index (χ3v) is 11.2. The number of likely N-dealkylation sites (N-methyl/N-ethyl adjacent to an activating group) is 1. The number of aliphatic hydroxyl groups is 1. The molecule has 4 rings (SSSR count). The van der Waals surface area contributed by atoms with Gasteiger partial charge in [-0.25, -0.2) is 20.0 Å². The first-order chi connectivity index (χ1) is 24.5. The summed E-state index contributed by atoms with van der Waals surface area (Å²) in [5.41, 5.74) is 2.09. The van der Waals surface area contributed by atoms with Gasteiger partial charge in [-0.1, -0.05) is 76.3 Å². The number of ether oxygens (including phenoxy) is 5. The second kappa shape index (κ2) is 17.3. The maximum atomic E-state index is 14.6. The summed E-state index contributed by atoms with van der Waals surface area (Å²) in [5.74, 6) is -2.44. The Hall–Kier alpha value is -3.13. The Morgan fingerprint density at radius 1 is 1.10 bits per heavy atom. The van der Waals surface area contributed by atoms with Crippen LogP contribution in [0.4, 0.5) is 4.79 Å². The van der Waals surface area contributed by atoms with Gasteiger partial charge in [0.15, 0.2) is 11.9 Å². The van der Waals surface area contributed by atoms with Crippen molar-refractivity contribution in [2.45, 2.75) is 129 Å². The number of nitrogens with zero attached hydrogens (tertiary/aromatic N) is 2. The van der Waals surface area contributed by atoms with Gasteiger partial charge in [-0.3, -0.25) is 4.79 Å². The number of ketones is 1. The zero-order chi connectivity index (χ0) is 38.5. The van der Waals surface area contributed by atoms with Gasteiger partial charge < -0.3 is 33.7 Å². The number of benzene rings is 1. The number of esters is 1. The topological polar surface area (TPSA) is 136 Å². The van der Waals surface area contributed by atoms with E-state index < -0.39 is 71.7 Å². The normalized spacial score (nSPS) is 39.1. The number of methoxy groups -OCH3 is 1. The molecule has 0 spiro atoms. The largest absolute Gasteiger partial charge is 0.455 e. The smallest absolute Gasteiger partial charge is 0.425 e. The van der Waals surface area contributed by atoms with Crippen LogP contribution in [0, 0.1) is 17.8 Å². The lowest BCUT2D eigenvalue weighted by atomic mass is 9.74. The summed E-state index contributed by atoms with van der Waals surface area (Å²) < 4.78 is 31.3. The van der Waals surface area contributed by atoms with Crippen LogP contribution in [0.3, 0.4) is 0 Å². The molecular formula is C40H61N3O9. The van der Waals surface area contributed by atoms with Crippen LogP contribution in [-0.2, 0) is 33.3 Å². The van der Waals surface area contributed by atoms with Crippen LogP contribution in [0.25, 0.3) is 6.08 Å². The Balaban J connectivity index is 1.73. The molecule has 0 bridgehead atoms. The highest BCUT2D eigenvalue weighted by Gasteiger charge is 2.60. The number of rotatable bonds is 9. The minimum absolute atomic E-state index is 0.115. The highest BCUT2D eigenvalue weighted by molar-refractivity contribution is 5.88. The number of Topliss-reactive ketones (excluding diaryl/α,β-unsaturated/α-hetero) is 1. The van der Waals surface area contributed by atoms with Crippen molar-refractivity contribution < 1.29 is 43.2 Å². The number of carbonyl (C=O) groups is 3. The predicted octanol–water partition coefficient (Wildman–Crippen LogP) is 5.15. The van der Waals surface area contributed by atoms with Crippen molar-refractivity contribution in [3.8, 4) is 0 Å². The second-order valence-corrected chi connectivity index (χ2v) is 15.5. The van der Waals surface area contributed by atoms with Crippen LogP contribution in [0.15, 0.2) is 48.1 Å². The van der Waals surface area contributed by atoms with Gasteiger partial charge in [-0.15, -0.1) is 0 Å². The van der Waals surface area contributed by atoms with E-state index in [9.17, 15) is 19.5 Å². The molecule has 0 radical (unpaired) electrons. The van der Waals surface area contributed by atoms with Gasteiger partial charge in [0.05, 0.1) is 17.8 Å². The van der Waals surface area contributed by atoms with Crippen molar-refractivity contribution in [1.29, 1.82) is 0 Å². The molecule has 12 nitrogen and oxygen atoms in total. The predicted molar refractivity (Wildman–Crippen MR) is 198 cm³/mol. The maximum absolute atomic E-state index is 14.6. The molecule has 0 aliphatic carbocycles. The highest BCUT2D eigenvalue weighted by Crippen LogP contribution is 2.42. The summed E-state index contributed by atoms with van der Waals surface area (Å²) in [6.45, 7) is 14.9. The number of fused-ring (bicyclic) bond motifs is 1. The number of cyclic esters (lactones) is 1. The Bertz CT molecular complexity index is 1450. The maximum Gasteiger partial charge on any atom is 0.425 e. The van der Waals surface area contributed by atoms with Gasteiger partial charge in [-0.2, -0.15) is 0 Å². The average Bonchev–Trinajstić information content (AvgIpc) is 3.36. The molecule has 3 aliphatic rings. The minimum Gasteiger partial charge on any atom is -0.455 e. The van der Waals surface area contributed by atoms with Crippen molar-refractivity contribution in [1.82, 2.24) is 15.3 Å². The van der Waals surface area contributed by atoms with E-state index >= 15 is 0 Å². The molecule has 12 atom stereocenters. The third kappa shape index (κ3) is 8.97. The first-order valence-corrected chi connectivity index (χ1v) is 18.6. The van der Waals surface area contributed by atoms with Crippen LogP contribution in [0.5, 0.6) is 0 Å². The molecule has 2 fully saturated rings. The van der Waals surface area contributed by atoms with Crippen LogP contribution in [-0.4, -0.2) is 115 Å². The van der Waals surface area contributed by atoms with Crippen molar-refractivity contribution in [2.24, 2.45) is 17.8 Å². The van der Waals surface area contributed by atoms with Crippen LogP contribution in [0.1, 0.15) is 80.2 Å². The van der Waals surface area contributed by atoms with Crippen LogP contribution in [0.2, 0.25) is 0 Å². The summed E-state index contributed by atoms with van der Waals surface area (Å²) in [5, 5.41) is 12.8. The molecule has 2 saturated heterocycles. The van der Waals surface area contributed by atoms with Gasteiger partial charge in [0.25, 0.3) is 0 Å². The number of hydrogen-bond acceptors (Lipinski definition) is 11. The molecule has 0 unspecified atom stereocenters. The number of hydrogen-bond donors (Lipinski definition) is 2. The van der Waals surface area contributed by atoms with Crippen LogP contribution < -0.4 is 5.43 Å². The Morgan fingerprint density at radius 3 is 2.38 bits per heavy atom. The zero-order valence-electron chi connectivity index (χ0n) is 32.8. The highest BCUT2D eigenvalue weighted by atomic mass is 16.7. The summed E-state index contributed by atoms with van der Waals surface area (Å²) in [7, 11) is 5.39. The van der Waals surface area contributed by atoms with Crippen molar-refractivity contribution in [3.63, 3.8) is 0 Å². The summed E-state index contributed by atoms with van der Waals surface area (Å²) in [6.07, 6.45) is 2.43. The second-order valence-electron chi connectivity index (χ2n) is 15.5. The van der Waals surface area contributed by atoms with Gasteiger partial charge in [0.1, 0.15) is 24.0 Å². The number of hydrazine groups is 1. The molecule has 1 amide bonds. The molecule has 1 aromatic carbocycles. The van der Waals surface area contributed by atoms with E-state index in [4.69, 9.17) is 23.7 Å². The molecule has 3 aliphatic heterocycles. The van der Waals surface area contributed by atoms with E-state index in [2.05, 4.69) is 5.43 Å². The number of amides is 1. The summed E-state index contributed by atoms with van der Waals surface area (Å²) in [6, 6.07) is 8.76. The fraction of sp³-hybridized carbons (Fsp3) is 0.675. The fourth-order valence-corrected chi connectivity index (χ4v) is 8.35. The van der Waals surface area contributed by atoms with Crippen molar-refractivity contribution >= 4 is 23.9 Å². The van der Waals surface area contributed by atoms with Crippen molar-refractivity contribution in [3.05, 3.63) is 53.6 Å². The fourth-order valence-electron chi connectivity index (χ4n) is 8.35. The van der Waals surface area contributed by atoms with E-state index in [-0.39, 0.29) is 30.9 Å². The van der Waals surface area contributed by atoms with E-state index in [0.29, 0.717) is 18.4 Å². The Morgan fingerprint density at radius 2 is 1.77 bits per heavy atom. The SMILES string of the molecule is CC[C@H]1OC(=O)/C(C)=C/[C@H](C)[C@@H](O[C@@H]2O[C@H](C)C[C@H](N(C)C)[C@H]2O)[C@](C)(OC)C[C@@H](C)C(=O)[C@H](C)[C@H]2N(NC/C=C/c3ccccc3)C(=O)O[C@]12C. The monoisotopic (exact) mass is 727 g/mol. The minimum atomic E-state index is -1.35. The first kappa shape index (κ1) is 41.6. The molecule has 52 heavy (non-hydrogen) atoms. The lowest BCUT2D eigenvalue weighted by Crippen LogP contribution is -2.60. The molecular weight excluding hydrogens is 666 g/mol. The van der Waals surface area contributed by atoms with Crippen molar-refractivity contribution in [2.75, 3.05) is 27.7 Å². The van der Waals surface area contributed by atoms with Gasteiger partial charge in [0.2, 0.25) is 0 Å². The van der Waals surface area contributed by atoms with Gasteiger partial charge in [0, 0.05) is 43.0 Å². The number of aliphatic hydroxyl groups excluding tert-OH is 1. The third-order valence-electron chi connectivity index (χ3n) is 11.2. The molecule has 0 saturated carbocycles. The number of carbonyl (C=O) groups excluding carboxylic acids is 3. The lowest BCUT2D eigenvalue weighted by molar-refractivity contribution is -0.294. The van der Waals surface area contributed by atoms with E-state index in [1.54, 1.807) is 34.0 Å². The Kier molecular flexibility index (Phi) is 13.9. The molecule has 0 aromatic heterocycles. The zero-order valence-corrected chi connectivity index (χ0v) is 32.8. The van der Waals surface area contributed by atoms with Gasteiger partial charge in [-0.05, 0) is 66.6 Å².